The number of rotatable bonds is 0. The van der Waals surface area contributed by atoms with Crippen LogP contribution < -0.4 is 0 Å². The molecule has 1 aliphatic rings. The lowest BCUT2D eigenvalue weighted by atomic mass is 10.1. The lowest BCUT2D eigenvalue weighted by molar-refractivity contribution is -0.128. The molecule has 1 aromatic rings. The number of hydrogen-bond donors (Lipinski definition) is 0. The minimum atomic E-state index is 0.190. The second kappa shape index (κ2) is 4.03. The molecule has 0 bridgehead atoms. The fraction of sp³-hybridized carbons (Fsp3) is 0.500. The predicted molar refractivity (Wildman–Crippen MR) is 61.7 cm³/mol. The van der Waals surface area contributed by atoms with Crippen LogP contribution in [0.3, 0.4) is 0 Å². The molecule has 0 atom stereocenters. The monoisotopic (exact) mass is 273 g/mol. The topological polar surface area (TPSA) is 20.3 Å². The van der Waals surface area contributed by atoms with Gasteiger partial charge in [0, 0.05) is 20.0 Å². The summed E-state index contributed by atoms with van der Waals surface area (Å²) >= 11 is 5.31. The maximum absolute atomic E-state index is 11.2. The minimum Gasteiger partial charge on any atom is -0.342 e. The summed E-state index contributed by atoms with van der Waals surface area (Å²) in [6.45, 7) is 3.37. The van der Waals surface area contributed by atoms with Crippen molar-refractivity contribution in [3.05, 3.63) is 20.3 Å². The van der Waals surface area contributed by atoms with Gasteiger partial charge in [0.2, 0.25) is 5.91 Å². The molecule has 0 radical (unpaired) electrons. The summed E-state index contributed by atoms with van der Waals surface area (Å²) < 4.78 is 1.23. The number of halogens is 1. The van der Waals surface area contributed by atoms with E-state index in [0.717, 1.165) is 25.9 Å². The second-order valence-corrected chi connectivity index (χ2v) is 5.72. The Bertz CT molecular complexity index is 361. The van der Waals surface area contributed by atoms with Crippen molar-refractivity contribution in [1.82, 2.24) is 4.90 Å². The fourth-order valence-corrected chi connectivity index (χ4v) is 3.40. The summed E-state index contributed by atoms with van der Waals surface area (Å²) in [6.07, 6.45) is 1.98. The van der Waals surface area contributed by atoms with E-state index in [1.807, 2.05) is 4.90 Å². The Balaban J connectivity index is 2.18. The molecule has 2 nitrogen and oxygen atoms in total. The number of carbonyl (C=O) groups is 1. The van der Waals surface area contributed by atoms with Crippen LogP contribution in [0.5, 0.6) is 0 Å². The van der Waals surface area contributed by atoms with Gasteiger partial charge in [-0.25, -0.2) is 0 Å². The molecule has 0 aromatic carbocycles. The first-order chi connectivity index (χ1) is 6.68. The van der Waals surface area contributed by atoms with E-state index in [1.54, 1.807) is 18.3 Å². The molecular weight excluding hydrogens is 262 g/mol. The Hall–Kier alpha value is -0.350. The van der Waals surface area contributed by atoms with Crippen molar-refractivity contribution < 1.29 is 4.79 Å². The average Bonchev–Trinajstić information content (AvgIpc) is 2.38. The van der Waals surface area contributed by atoms with E-state index in [-0.39, 0.29) is 5.91 Å². The van der Waals surface area contributed by atoms with Gasteiger partial charge in [-0.3, -0.25) is 4.79 Å². The lowest BCUT2D eigenvalue weighted by Gasteiger charge is -2.17. The minimum absolute atomic E-state index is 0.190. The van der Waals surface area contributed by atoms with Crippen molar-refractivity contribution in [2.24, 2.45) is 0 Å². The molecule has 0 spiro atoms. The van der Waals surface area contributed by atoms with Crippen molar-refractivity contribution in [3.63, 3.8) is 0 Å². The van der Waals surface area contributed by atoms with Crippen LogP contribution in [0.25, 0.3) is 0 Å². The largest absolute Gasteiger partial charge is 0.342 e. The van der Waals surface area contributed by atoms with Crippen molar-refractivity contribution in [2.75, 3.05) is 13.1 Å². The molecule has 0 saturated carbocycles. The van der Waals surface area contributed by atoms with Crippen molar-refractivity contribution >= 4 is 33.2 Å². The summed E-state index contributed by atoms with van der Waals surface area (Å²) in [4.78, 5) is 13.2. The highest BCUT2D eigenvalue weighted by molar-refractivity contribution is 9.11. The summed E-state index contributed by atoms with van der Waals surface area (Å²) in [6, 6.07) is 0. The van der Waals surface area contributed by atoms with Crippen LogP contribution in [0.4, 0.5) is 0 Å². The van der Waals surface area contributed by atoms with Gasteiger partial charge in [-0.05, 0) is 45.3 Å². The van der Waals surface area contributed by atoms with E-state index >= 15 is 0 Å². The van der Waals surface area contributed by atoms with E-state index in [4.69, 9.17) is 0 Å². The summed E-state index contributed by atoms with van der Waals surface area (Å²) in [5.74, 6) is 0.190. The molecule has 0 saturated heterocycles. The average molecular weight is 274 g/mol. The van der Waals surface area contributed by atoms with E-state index in [9.17, 15) is 4.79 Å². The van der Waals surface area contributed by atoms with Gasteiger partial charge < -0.3 is 4.90 Å². The zero-order chi connectivity index (χ0) is 10.1. The third-order valence-corrected chi connectivity index (χ3v) is 4.55. The highest BCUT2D eigenvalue weighted by Crippen LogP contribution is 2.30. The van der Waals surface area contributed by atoms with E-state index in [0.29, 0.717) is 0 Å². The van der Waals surface area contributed by atoms with Crippen LogP contribution in [0, 0.1) is 0 Å². The molecule has 2 rings (SSSR count). The quantitative estimate of drug-likeness (QED) is 0.711. The first kappa shape index (κ1) is 10.2. The van der Waals surface area contributed by atoms with Crippen LogP contribution in [0.15, 0.2) is 9.17 Å². The smallest absolute Gasteiger partial charge is 0.219 e. The van der Waals surface area contributed by atoms with Gasteiger partial charge >= 0.3 is 0 Å². The molecule has 0 fully saturated rings. The maximum Gasteiger partial charge on any atom is 0.219 e. The van der Waals surface area contributed by atoms with Gasteiger partial charge in [0.25, 0.3) is 0 Å². The van der Waals surface area contributed by atoms with E-state index in [2.05, 4.69) is 21.3 Å². The van der Waals surface area contributed by atoms with Gasteiger partial charge in [-0.2, -0.15) is 0 Å². The van der Waals surface area contributed by atoms with Crippen LogP contribution in [-0.2, 0) is 17.6 Å². The highest BCUT2D eigenvalue weighted by Gasteiger charge is 2.18. The lowest BCUT2D eigenvalue weighted by Crippen LogP contribution is -2.30. The summed E-state index contributed by atoms with van der Waals surface area (Å²) in [7, 11) is 0. The number of fused-ring (bicyclic) bond motifs is 1. The zero-order valence-electron chi connectivity index (χ0n) is 8.05. The molecule has 1 aliphatic heterocycles. The predicted octanol–water partition coefficient (Wildman–Crippen LogP) is 2.46. The second-order valence-electron chi connectivity index (χ2n) is 3.52. The third-order valence-electron chi connectivity index (χ3n) is 2.66. The summed E-state index contributed by atoms with van der Waals surface area (Å²) in [5.41, 5.74) is 2.81. The standard InChI is InChI=1S/C10H12BrNOS/c1-7(13)12-4-2-8-6-14-10(11)9(8)3-5-12/h6H,2-5H2,1H3. The molecule has 2 heterocycles. The first-order valence-corrected chi connectivity index (χ1v) is 6.36. The van der Waals surface area contributed by atoms with Gasteiger partial charge in [0.15, 0.2) is 0 Å². The maximum atomic E-state index is 11.2. The van der Waals surface area contributed by atoms with Gasteiger partial charge in [0.05, 0.1) is 3.79 Å². The number of hydrogen-bond acceptors (Lipinski definition) is 2. The molecule has 14 heavy (non-hydrogen) atoms. The Kier molecular flexibility index (Phi) is 2.93. The van der Waals surface area contributed by atoms with Crippen LogP contribution in [0.2, 0.25) is 0 Å². The van der Waals surface area contributed by atoms with Crippen LogP contribution >= 0.6 is 27.3 Å². The molecular formula is C10H12BrNOS. The van der Waals surface area contributed by atoms with Crippen LogP contribution in [-0.4, -0.2) is 23.9 Å². The third kappa shape index (κ3) is 1.86. The Labute approximate surface area is 96.0 Å². The van der Waals surface area contributed by atoms with Crippen LogP contribution in [0.1, 0.15) is 18.1 Å². The highest BCUT2D eigenvalue weighted by atomic mass is 79.9. The van der Waals surface area contributed by atoms with Gasteiger partial charge in [-0.15, -0.1) is 11.3 Å². The SMILES string of the molecule is CC(=O)N1CCc2csc(Br)c2CC1. The molecule has 76 valence electrons. The molecule has 0 unspecified atom stereocenters. The summed E-state index contributed by atoms with van der Waals surface area (Å²) in [5, 5.41) is 2.20. The fourth-order valence-electron chi connectivity index (χ4n) is 1.79. The van der Waals surface area contributed by atoms with Crippen molar-refractivity contribution in [1.29, 1.82) is 0 Å². The molecule has 0 aliphatic carbocycles. The number of thiophene rings is 1. The van der Waals surface area contributed by atoms with Crippen molar-refractivity contribution in [2.45, 2.75) is 19.8 Å². The van der Waals surface area contributed by atoms with E-state index in [1.165, 1.54) is 14.9 Å². The molecule has 0 N–H and O–H groups in total. The van der Waals surface area contributed by atoms with Gasteiger partial charge in [0.1, 0.15) is 0 Å². The number of amides is 1. The van der Waals surface area contributed by atoms with Crippen molar-refractivity contribution in [3.8, 4) is 0 Å². The number of carbonyl (C=O) groups excluding carboxylic acids is 1. The molecule has 1 amide bonds. The zero-order valence-corrected chi connectivity index (χ0v) is 10.4. The van der Waals surface area contributed by atoms with E-state index < -0.39 is 0 Å². The Morgan fingerprint density at radius 1 is 1.50 bits per heavy atom. The van der Waals surface area contributed by atoms with Gasteiger partial charge in [-0.1, -0.05) is 0 Å². The molecule has 1 aromatic heterocycles. The molecule has 4 heteroatoms. The Morgan fingerprint density at radius 3 is 2.93 bits per heavy atom. The normalized spacial score (nSPS) is 16.3. The number of nitrogens with zero attached hydrogens (tertiary/aromatic N) is 1. The Morgan fingerprint density at radius 2 is 2.21 bits per heavy atom. The first-order valence-electron chi connectivity index (χ1n) is 4.68.